The lowest BCUT2D eigenvalue weighted by Crippen LogP contribution is -2.39. The molecular formula is C19H23N7O4S. The maximum absolute atomic E-state index is 12.4. The third-order valence-corrected chi connectivity index (χ3v) is 4.90. The van der Waals surface area contributed by atoms with Crippen LogP contribution in [0.2, 0.25) is 0 Å². The Hall–Kier alpha value is -3.54. The number of nitrogens with zero attached hydrogens (tertiary/aromatic N) is 3. The van der Waals surface area contributed by atoms with Crippen LogP contribution in [0.25, 0.3) is 0 Å². The molecule has 0 saturated carbocycles. The van der Waals surface area contributed by atoms with Gasteiger partial charge in [-0.25, -0.2) is 4.98 Å². The van der Waals surface area contributed by atoms with Crippen molar-refractivity contribution in [1.29, 1.82) is 0 Å². The maximum atomic E-state index is 12.4. The molecular weight excluding hydrogens is 422 g/mol. The Balaban J connectivity index is 1.52. The smallest absolute Gasteiger partial charge is 0.308 e. The van der Waals surface area contributed by atoms with Gasteiger partial charge in [-0.1, -0.05) is 6.07 Å². The normalized spacial score (nSPS) is 13.5. The van der Waals surface area contributed by atoms with Gasteiger partial charge in [-0.3, -0.25) is 24.4 Å². The Kier molecular flexibility index (Phi) is 7.87. The molecule has 0 spiro atoms. The maximum Gasteiger partial charge on any atom is 0.308 e. The molecule has 0 fully saturated rings. The monoisotopic (exact) mass is 445 g/mol. The van der Waals surface area contributed by atoms with Crippen LogP contribution in [0.5, 0.6) is 0 Å². The largest absolute Gasteiger partial charge is 0.466 e. The molecule has 2 amide bonds. The van der Waals surface area contributed by atoms with Gasteiger partial charge in [0.2, 0.25) is 5.91 Å². The standard InChI is InChI=1S/C19H23N7O4S/c1-2-30-16(28)8-13(12-4-3-5-20-9-12)24-15(27)10-23-17(29)14-11-31-19(25-14)26-18-21-6-7-22-18/h3-5,9,11,13H,2,6-8,10H2,1H3,(H,23,29)(H,24,27)(H2,21,22,25,26). The van der Waals surface area contributed by atoms with Crippen molar-refractivity contribution in [3.63, 3.8) is 0 Å². The number of ether oxygens (including phenoxy) is 1. The predicted molar refractivity (Wildman–Crippen MR) is 115 cm³/mol. The van der Waals surface area contributed by atoms with Crippen molar-refractivity contribution in [3.8, 4) is 0 Å². The van der Waals surface area contributed by atoms with Crippen LogP contribution in [0.3, 0.4) is 0 Å². The summed E-state index contributed by atoms with van der Waals surface area (Å²) in [6, 6.07) is 2.84. The predicted octanol–water partition coefficient (Wildman–Crippen LogP) is 0.450. The summed E-state index contributed by atoms with van der Waals surface area (Å²) in [6.45, 7) is 3.13. The summed E-state index contributed by atoms with van der Waals surface area (Å²) in [5.41, 5.74) is 0.850. The van der Waals surface area contributed by atoms with Gasteiger partial charge in [-0.15, -0.1) is 11.3 Å². The van der Waals surface area contributed by atoms with E-state index in [1.807, 2.05) is 0 Å². The van der Waals surface area contributed by atoms with Crippen molar-refractivity contribution < 1.29 is 19.1 Å². The number of carbonyl (C=O) groups excluding carboxylic acids is 3. The SMILES string of the molecule is CCOC(=O)CC(NC(=O)CNC(=O)c1csc(NC2=NCCN2)n1)c1cccnc1. The highest BCUT2D eigenvalue weighted by molar-refractivity contribution is 7.14. The van der Waals surface area contributed by atoms with E-state index in [0.717, 1.165) is 6.54 Å². The van der Waals surface area contributed by atoms with Gasteiger partial charge >= 0.3 is 5.97 Å². The molecule has 3 heterocycles. The van der Waals surface area contributed by atoms with Gasteiger partial charge in [0.05, 0.1) is 32.2 Å². The number of anilines is 1. The molecule has 4 N–H and O–H groups in total. The number of pyridine rings is 1. The molecule has 0 aliphatic carbocycles. The lowest BCUT2D eigenvalue weighted by molar-refractivity contribution is -0.143. The molecule has 0 aromatic carbocycles. The summed E-state index contributed by atoms with van der Waals surface area (Å²) >= 11 is 1.26. The zero-order chi connectivity index (χ0) is 22.1. The number of thiazole rings is 1. The number of hydrogen-bond acceptors (Lipinski definition) is 10. The minimum absolute atomic E-state index is 0.0434. The van der Waals surface area contributed by atoms with Crippen LogP contribution in [-0.4, -0.2) is 60.0 Å². The number of amides is 2. The third kappa shape index (κ3) is 6.74. The summed E-state index contributed by atoms with van der Waals surface area (Å²) in [5, 5.41) is 13.4. The molecule has 164 valence electrons. The minimum Gasteiger partial charge on any atom is -0.466 e. The molecule has 2 aromatic heterocycles. The molecule has 31 heavy (non-hydrogen) atoms. The van der Waals surface area contributed by atoms with E-state index in [1.54, 1.807) is 36.8 Å². The fourth-order valence-corrected chi connectivity index (χ4v) is 3.43. The lowest BCUT2D eigenvalue weighted by atomic mass is 10.1. The average molecular weight is 446 g/mol. The summed E-state index contributed by atoms with van der Waals surface area (Å²) in [5.74, 6) is -0.762. The molecule has 1 aliphatic rings. The molecule has 11 nitrogen and oxygen atoms in total. The second-order valence-electron chi connectivity index (χ2n) is 6.42. The van der Waals surface area contributed by atoms with E-state index in [1.165, 1.54) is 11.3 Å². The van der Waals surface area contributed by atoms with Gasteiger partial charge in [0.1, 0.15) is 5.69 Å². The van der Waals surface area contributed by atoms with Gasteiger partial charge in [0, 0.05) is 24.3 Å². The van der Waals surface area contributed by atoms with E-state index >= 15 is 0 Å². The summed E-state index contributed by atoms with van der Waals surface area (Å²) in [7, 11) is 0. The molecule has 0 saturated heterocycles. The fraction of sp³-hybridized carbons (Fsp3) is 0.368. The Morgan fingerprint density at radius 3 is 2.94 bits per heavy atom. The van der Waals surface area contributed by atoms with Crippen molar-refractivity contribution in [1.82, 2.24) is 25.9 Å². The van der Waals surface area contributed by atoms with Crippen molar-refractivity contribution in [2.75, 3.05) is 31.6 Å². The molecule has 3 rings (SSSR count). The number of guanidine groups is 1. The number of aromatic nitrogens is 2. The summed E-state index contributed by atoms with van der Waals surface area (Å²) < 4.78 is 4.97. The minimum atomic E-state index is -0.619. The molecule has 1 aliphatic heterocycles. The lowest BCUT2D eigenvalue weighted by Gasteiger charge is -2.18. The van der Waals surface area contributed by atoms with Crippen LogP contribution in [0.15, 0.2) is 34.9 Å². The second kappa shape index (κ2) is 11.0. The Morgan fingerprint density at radius 2 is 2.23 bits per heavy atom. The van der Waals surface area contributed by atoms with E-state index < -0.39 is 23.8 Å². The van der Waals surface area contributed by atoms with Gasteiger partial charge in [-0.05, 0) is 18.6 Å². The molecule has 1 atom stereocenters. The highest BCUT2D eigenvalue weighted by Crippen LogP contribution is 2.17. The first-order valence-corrected chi connectivity index (χ1v) is 10.6. The van der Waals surface area contributed by atoms with E-state index in [9.17, 15) is 14.4 Å². The first kappa shape index (κ1) is 22.2. The van der Waals surface area contributed by atoms with Crippen LogP contribution in [0.4, 0.5) is 5.13 Å². The van der Waals surface area contributed by atoms with E-state index in [2.05, 4.69) is 36.2 Å². The van der Waals surface area contributed by atoms with Crippen molar-refractivity contribution in [2.24, 2.45) is 4.99 Å². The van der Waals surface area contributed by atoms with Crippen molar-refractivity contribution in [3.05, 3.63) is 41.2 Å². The number of carbonyl (C=O) groups is 3. The molecule has 12 heteroatoms. The topological polar surface area (TPSA) is 147 Å². The number of rotatable bonds is 9. The number of aliphatic imine (C=N–C) groups is 1. The highest BCUT2D eigenvalue weighted by atomic mass is 32.1. The third-order valence-electron chi connectivity index (χ3n) is 4.14. The van der Waals surface area contributed by atoms with Crippen LogP contribution in [0.1, 0.15) is 35.4 Å². The van der Waals surface area contributed by atoms with Gasteiger partial charge in [0.25, 0.3) is 5.91 Å². The van der Waals surface area contributed by atoms with Crippen molar-refractivity contribution in [2.45, 2.75) is 19.4 Å². The summed E-state index contributed by atoms with van der Waals surface area (Å²) in [4.78, 5) is 49.0. The number of hydrogen-bond donors (Lipinski definition) is 4. The first-order valence-electron chi connectivity index (χ1n) is 9.69. The Bertz CT molecular complexity index is 948. The van der Waals surface area contributed by atoms with Crippen molar-refractivity contribution >= 4 is 40.2 Å². The highest BCUT2D eigenvalue weighted by Gasteiger charge is 2.20. The quantitative estimate of drug-likeness (QED) is 0.407. The first-order chi connectivity index (χ1) is 15.0. The van der Waals surface area contributed by atoms with Crippen LogP contribution in [0, 0.1) is 0 Å². The van der Waals surface area contributed by atoms with Gasteiger partial charge in [-0.2, -0.15) is 0 Å². The second-order valence-corrected chi connectivity index (χ2v) is 7.28. The molecule has 0 radical (unpaired) electrons. The fourth-order valence-electron chi connectivity index (χ4n) is 2.74. The summed E-state index contributed by atoms with van der Waals surface area (Å²) in [6.07, 6.45) is 3.12. The van der Waals surface area contributed by atoms with E-state index in [0.29, 0.717) is 23.2 Å². The van der Waals surface area contributed by atoms with Gasteiger partial charge in [0.15, 0.2) is 11.1 Å². The zero-order valence-corrected chi connectivity index (χ0v) is 17.7. The van der Waals surface area contributed by atoms with E-state index in [4.69, 9.17) is 4.74 Å². The Morgan fingerprint density at radius 1 is 1.35 bits per heavy atom. The number of esters is 1. The zero-order valence-electron chi connectivity index (χ0n) is 16.9. The van der Waals surface area contributed by atoms with E-state index in [-0.39, 0.29) is 25.3 Å². The molecule has 1 unspecified atom stereocenters. The molecule has 0 bridgehead atoms. The van der Waals surface area contributed by atoms with Crippen LogP contribution >= 0.6 is 11.3 Å². The number of nitrogens with one attached hydrogen (secondary N) is 4. The van der Waals surface area contributed by atoms with Crippen LogP contribution in [-0.2, 0) is 14.3 Å². The average Bonchev–Trinajstić information content (AvgIpc) is 3.45. The van der Waals surface area contributed by atoms with Gasteiger partial charge < -0.3 is 26.0 Å². The molecule has 2 aromatic rings. The van der Waals surface area contributed by atoms with Crippen LogP contribution < -0.4 is 21.3 Å². The Labute approximate surface area is 182 Å².